The molecule has 2 aromatic carbocycles. The summed E-state index contributed by atoms with van der Waals surface area (Å²) in [5.41, 5.74) is 4.19. The number of halogens is 1. The van der Waals surface area contributed by atoms with Gasteiger partial charge in [-0.25, -0.2) is 5.43 Å². The highest BCUT2D eigenvalue weighted by Gasteiger charge is 2.19. The molecule has 0 fully saturated rings. The summed E-state index contributed by atoms with van der Waals surface area (Å²) in [6.07, 6.45) is 3.24. The van der Waals surface area contributed by atoms with Gasteiger partial charge in [-0.1, -0.05) is 17.8 Å². The standard InChI is InChI=1S/C23H25IN6O3S/c1-4-11-30-21(14-25-18-8-6-17(24)7-9-18)27-29-23(30)34-15(2)22(32)28-26-13-16-5-10-19(31)20(12-16)33-3/h4-10,12-13,15,25,31H,1,11,14H2,2-3H3,(H,28,32)/b26-13-/t15-/m0/s1. The molecule has 178 valence electrons. The second-order valence-corrected chi connectivity index (χ2v) is 9.64. The van der Waals surface area contributed by atoms with Gasteiger partial charge in [0.1, 0.15) is 0 Å². The van der Waals surface area contributed by atoms with Crippen LogP contribution >= 0.6 is 34.4 Å². The first-order valence-electron chi connectivity index (χ1n) is 10.3. The first-order chi connectivity index (χ1) is 16.4. The number of hydrogen-bond donors (Lipinski definition) is 3. The first-order valence-corrected chi connectivity index (χ1v) is 12.3. The fraction of sp³-hybridized carbons (Fsp3) is 0.217. The van der Waals surface area contributed by atoms with Crippen LogP contribution in [-0.4, -0.2) is 44.4 Å². The van der Waals surface area contributed by atoms with Crippen LogP contribution in [0.3, 0.4) is 0 Å². The third-order valence-electron chi connectivity index (χ3n) is 4.64. The third-order valence-corrected chi connectivity index (χ3v) is 6.44. The van der Waals surface area contributed by atoms with Gasteiger partial charge in [-0.2, -0.15) is 5.10 Å². The number of aromatic nitrogens is 3. The maximum absolute atomic E-state index is 12.5. The van der Waals surface area contributed by atoms with Crippen molar-refractivity contribution in [2.24, 2.45) is 5.10 Å². The number of hydrogen-bond acceptors (Lipinski definition) is 8. The van der Waals surface area contributed by atoms with Gasteiger partial charge in [0.05, 0.1) is 25.1 Å². The molecule has 0 spiro atoms. The number of benzene rings is 2. The van der Waals surface area contributed by atoms with Crippen molar-refractivity contribution in [3.63, 3.8) is 0 Å². The molecule has 34 heavy (non-hydrogen) atoms. The maximum atomic E-state index is 12.5. The highest BCUT2D eigenvalue weighted by molar-refractivity contribution is 14.1. The number of phenolic OH excluding ortho intramolecular Hbond substituents is 1. The second-order valence-electron chi connectivity index (χ2n) is 7.08. The van der Waals surface area contributed by atoms with Crippen molar-refractivity contribution in [1.29, 1.82) is 0 Å². The Morgan fingerprint density at radius 3 is 2.79 bits per heavy atom. The van der Waals surface area contributed by atoms with E-state index in [4.69, 9.17) is 4.74 Å². The zero-order valence-electron chi connectivity index (χ0n) is 18.7. The molecule has 9 nitrogen and oxygen atoms in total. The number of nitrogens with one attached hydrogen (secondary N) is 2. The van der Waals surface area contributed by atoms with Gasteiger partial charge in [0, 0.05) is 15.8 Å². The van der Waals surface area contributed by atoms with E-state index in [1.54, 1.807) is 25.1 Å². The Kier molecular flexibility index (Phi) is 9.33. The fourth-order valence-electron chi connectivity index (χ4n) is 2.85. The molecule has 1 atom stereocenters. The minimum Gasteiger partial charge on any atom is -0.504 e. The maximum Gasteiger partial charge on any atom is 0.253 e. The Morgan fingerprint density at radius 1 is 1.32 bits per heavy atom. The molecule has 0 bridgehead atoms. The topological polar surface area (TPSA) is 114 Å². The number of ether oxygens (including phenoxy) is 1. The van der Waals surface area contributed by atoms with E-state index in [0.29, 0.717) is 29.6 Å². The van der Waals surface area contributed by atoms with E-state index in [-0.39, 0.29) is 11.7 Å². The smallest absolute Gasteiger partial charge is 0.253 e. The van der Waals surface area contributed by atoms with Crippen molar-refractivity contribution in [3.8, 4) is 11.5 Å². The van der Waals surface area contributed by atoms with Gasteiger partial charge < -0.3 is 19.7 Å². The zero-order chi connectivity index (χ0) is 24.5. The molecule has 1 amide bonds. The van der Waals surface area contributed by atoms with E-state index >= 15 is 0 Å². The largest absolute Gasteiger partial charge is 0.504 e. The van der Waals surface area contributed by atoms with Crippen molar-refractivity contribution in [1.82, 2.24) is 20.2 Å². The average molecular weight is 592 g/mol. The van der Waals surface area contributed by atoms with Crippen LogP contribution in [0.15, 0.2) is 65.4 Å². The molecule has 0 aliphatic rings. The van der Waals surface area contributed by atoms with E-state index in [2.05, 4.69) is 55.2 Å². The lowest BCUT2D eigenvalue weighted by atomic mass is 10.2. The highest BCUT2D eigenvalue weighted by atomic mass is 127. The molecule has 0 saturated carbocycles. The summed E-state index contributed by atoms with van der Waals surface area (Å²) in [6, 6.07) is 12.8. The summed E-state index contributed by atoms with van der Waals surface area (Å²) < 4.78 is 8.16. The quantitative estimate of drug-likeness (QED) is 0.101. The Morgan fingerprint density at radius 2 is 2.09 bits per heavy atom. The lowest BCUT2D eigenvalue weighted by Crippen LogP contribution is -2.27. The molecule has 0 unspecified atom stereocenters. The molecule has 1 aromatic heterocycles. The molecule has 0 radical (unpaired) electrons. The van der Waals surface area contributed by atoms with Gasteiger partial charge in [-0.3, -0.25) is 4.79 Å². The lowest BCUT2D eigenvalue weighted by Gasteiger charge is -2.12. The highest BCUT2D eigenvalue weighted by Crippen LogP contribution is 2.26. The zero-order valence-corrected chi connectivity index (χ0v) is 21.7. The van der Waals surface area contributed by atoms with E-state index < -0.39 is 5.25 Å². The molecule has 0 aliphatic carbocycles. The fourth-order valence-corrected chi connectivity index (χ4v) is 4.08. The second kappa shape index (κ2) is 12.4. The number of carbonyl (C=O) groups excluding carboxylic acids is 1. The Labute approximate surface area is 215 Å². The summed E-state index contributed by atoms with van der Waals surface area (Å²) in [4.78, 5) is 12.5. The number of methoxy groups -OCH3 is 1. The molecule has 3 rings (SSSR count). The monoisotopic (exact) mass is 592 g/mol. The predicted octanol–water partition coefficient (Wildman–Crippen LogP) is 4.03. The van der Waals surface area contributed by atoms with Crippen molar-refractivity contribution < 1.29 is 14.6 Å². The van der Waals surface area contributed by atoms with Crippen LogP contribution in [-0.2, 0) is 17.9 Å². The number of amides is 1. The summed E-state index contributed by atoms with van der Waals surface area (Å²) >= 11 is 3.55. The van der Waals surface area contributed by atoms with Gasteiger partial charge in [-0.15, -0.1) is 16.8 Å². The van der Waals surface area contributed by atoms with Gasteiger partial charge in [-0.05, 0) is 77.5 Å². The van der Waals surface area contributed by atoms with E-state index in [9.17, 15) is 9.90 Å². The number of carbonyl (C=O) groups is 1. The molecule has 0 aliphatic heterocycles. The van der Waals surface area contributed by atoms with Gasteiger partial charge >= 0.3 is 0 Å². The minimum atomic E-state index is -0.462. The van der Waals surface area contributed by atoms with Crippen LogP contribution in [0, 0.1) is 3.57 Å². The summed E-state index contributed by atoms with van der Waals surface area (Å²) in [5.74, 6) is 0.824. The van der Waals surface area contributed by atoms with Crippen LogP contribution in [0.4, 0.5) is 5.69 Å². The molecular formula is C23H25IN6O3S. The number of thioether (sulfide) groups is 1. The summed E-state index contributed by atoms with van der Waals surface area (Å²) in [6.45, 7) is 6.60. The van der Waals surface area contributed by atoms with E-state index in [1.165, 1.54) is 31.2 Å². The van der Waals surface area contributed by atoms with Crippen LogP contribution in [0.2, 0.25) is 0 Å². The number of hydrazone groups is 1. The van der Waals surface area contributed by atoms with Crippen LogP contribution < -0.4 is 15.5 Å². The van der Waals surface area contributed by atoms with Crippen molar-refractivity contribution in [3.05, 3.63) is 70.1 Å². The Hall–Kier alpha value is -3.06. The summed E-state index contributed by atoms with van der Waals surface area (Å²) in [7, 11) is 1.46. The number of allylic oxidation sites excluding steroid dienone is 1. The van der Waals surface area contributed by atoms with E-state index in [1.807, 2.05) is 28.8 Å². The van der Waals surface area contributed by atoms with E-state index in [0.717, 1.165) is 15.1 Å². The molecular weight excluding hydrogens is 567 g/mol. The predicted molar refractivity (Wildman–Crippen MR) is 142 cm³/mol. The molecule has 0 saturated heterocycles. The van der Waals surface area contributed by atoms with Gasteiger partial charge in [0.15, 0.2) is 22.5 Å². The van der Waals surface area contributed by atoms with Crippen LogP contribution in [0.25, 0.3) is 0 Å². The Bertz CT molecular complexity index is 1170. The molecule has 3 N–H and O–H groups in total. The third kappa shape index (κ3) is 6.97. The van der Waals surface area contributed by atoms with Crippen LogP contribution in [0.5, 0.6) is 11.5 Å². The molecule has 3 aromatic rings. The Balaban J connectivity index is 1.60. The molecule has 11 heteroatoms. The number of nitrogens with zero attached hydrogens (tertiary/aromatic N) is 4. The first kappa shape index (κ1) is 25.6. The number of phenols is 1. The minimum absolute atomic E-state index is 0.0328. The average Bonchev–Trinajstić information content (AvgIpc) is 3.20. The normalized spacial score (nSPS) is 11.9. The number of rotatable bonds is 11. The lowest BCUT2D eigenvalue weighted by molar-refractivity contribution is -0.120. The van der Waals surface area contributed by atoms with Crippen molar-refractivity contribution >= 4 is 52.2 Å². The number of anilines is 1. The van der Waals surface area contributed by atoms with Crippen LogP contribution in [0.1, 0.15) is 18.3 Å². The molecule has 1 heterocycles. The summed E-state index contributed by atoms with van der Waals surface area (Å²) in [5, 5.41) is 25.7. The van der Waals surface area contributed by atoms with Gasteiger partial charge in [0.25, 0.3) is 5.91 Å². The van der Waals surface area contributed by atoms with Crippen molar-refractivity contribution in [2.75, 3.05) is 12.4 Å². The SMILES string of the molecule is C=CCn1c(CNc2ccc(I)cc2)nnc1S[C@@H](C)C(=O)N/N=C\c1ccc(O)c(OC)c1. The van der Waals surface area contributed by atoms with Gasteiger partial charge in [0.2, 0.25) is 0 Å². The van der Waals surface area contributed by atoms with Crippen molar-refractivity contribution in [2.45, 2.75) is 30.4 Å². The number of aromatic hydroxyl groups is 1.